The van der Waals surface area contributed by atoms with Crippen LogP contribution < -0.4 is 0 Å². The predicted octanol–water partition coefficient (Wildman–Crippen LogP) is 3.82. The Bertz CT molecular complexity index is 738. The van der Waals surface area contributed by atoms with Gasteiger partial charge < -0.3 is 10.0 Å². The van der Waals surface area contributed by atoms with E-state index in [2.05, 4.69) is 29.1 Å². The number of benzene rings is 2. The summed E-state index contributed by atoms with van der Waals surface area (Å²) in [7, 11) is 2.05. The maximum atomic E-state index is 10.1. The lowest BCUT2D eigenvalue weighted by Crippen LogP contribution is -2.18. The minimum atomic E-state index is 0.191. The Morgan fingerprint density at radius 3 is 2.68 bits per heavy atom. The molecule has 4 heteroatoms. The van der Waals surface area contributed by atoms with Crippen molar-refractivity contribution in [3.05, 3.63) is 70.8 Å². The van der Waals surface area contributed by atoms with Crippen molar-refractivity contribution < 1.29 is 5.11 Å². The number of hydrogen-bond acceptors (Lipinski definition) is 3. The molecule has 3 nitrogen and oxygen atoms in total. The third-order valence-corrected chi connectivity index (χ3v) is 3.94. The van der Waals surface area contributed by atoms with Crippen molar-refractivity contribution in [3.8, 4) is 5.75 Å². The third kappa shape index (κ3) is 3.00. The van der Waals surface area contributed by atoms with Gasteiger partial charge in [0.2, 0.25) is 0 Å². The minimum absolute atomic E-state index is 0.191. The highest BCUT2D eigenvalue weighted by Crippen LogP contribution is 2.26. The molecule has 1 N–H and O–H groups in total. The Kier molecular flexibility index (Phi) is 4.16. The number of hydrogen-bond donors (Lipinski definition) is 1. The van der Waals surface area contributed by atoms with Crippen LogP contribution in [0.3, 0.4) is 0 Å². The largest absolute Gasteiger partial charge is 0.507 e. The van der Waals surface area contributed by atoms with E-state index in [1.807, 2.05) is 24.3 Å². The van der Waals surface area contributed by atoms with Crippen LogP contribution in [0.25, 0.3) is 5.70 Å². The Balaban J connectivity index is 2.09. The van der Waals surface area contributed by atoms with Crippen LogP contribution in [0.15, 0.2) is 59.6 Å². The molecule has 0 aliphatic carbocycles. The Morgan fingerprint density at radius 2 is 1.91 bits per heavy atom. The van der Waals surface area contributed by atoms with Gasteiger partial charge in [-0.05, 0) is 29.8 Å². The summed E-state index contributed by atoms with van der Waals surface area (Å²) in [6.07, 6.45) is 2.01. The van der Waals surface area contributed by atoms with E-state index in [-0.39, 0.29) is 5.75 Å². The van der Waals surface area contributed by atoms with Crippen LogP contribution in [-0.4, -0.2) is 35.9 Å². The molecule has 1 aliphatic rings. The van der Waals surface area contributed by atoms with Crippen LogP contribution in [0.1, 0.15) is 11.1 Å². The van der Waals surface area contributed by atoms with Crippen molar-refractivity contribution in [1.29, 1.82) is 0 Å². The van der Waals surface area contributed by atoms with E-state index in [9.17, 15) is 5.11 Å². The number of aliphatic imine (C=N–C) groups is 1. The Morgan fingerprint density at radius 1 is 1.14 bits per heavy atom. The fourth-order valence-electron chi connectivity index (χ4n) is 2.52. The number of aromatic hydroxyl groups is 1. The topological polar surface area (TPSA) is 35.8 Å². The standard InChI is InChI=1S/C18H17ClN2O/c1-21-10-9-20-16(15-11-14(19)7-8-18(15)22)12-17(21)13-5-3-2-4-6-13/h2-8,11-12,22H,9-10H2,1H3. The molecule has 112 valence electrons. The van der Waals surface area contributed by atoms with Crippen LogP contribution in [0.2, 0.25) is 5.02 Å². The van der Waals surface area contributed by atoms with Gasteiger partial charge in [0.1, 0.15) is 5.75 Å². The second kappa shape index (κ2) is 6.24. The van der Waals surface area contributed by atoms with E-state index < -0.39 is 0 Å². The van der Waals surface area contributed by atoms with Crippen molar-refractivity contribution >= 4 is 23.0 Å². The fourth-order valence-corrected chi connectivity index (χ4v) is 2.69. The molecule has 3 rings (SSSR count). The molecule has 0 fully saturated rings. The molecule has 0 aromatic heterocycles. The van der Waals surface area contributed by atoms with E-state index in [0.29, 0.717) is 17.1 Å². The first-order valence-electron chi connectivity index (χ1n) is 7.17. The van der Waals surface area contributed by atoms with Crippen LogP contribution in [0.4, 0.5) is 0 Å². The van der Waals surface area contributed by atoms with Crippen LogP contribution >= 0.6 is 11.6 Å². The summed E-state index contributed by atoms with van der Waals surface area (Å²) in [5.41, 5.74) is 3.62. The van der Waals surface area contributed by atoms with Gasteiger partial charge in [-0.1, -0.05) is 41.9 Å². The molecule has 0 atom stereocenters. The molecule has 0 saturated heterocycles. The summed E-state index contributed by atoms with van der Waals surface area (Å²) < 4.78 is 0. The van der Waals surface area contributed by atoms with E-state index in [1.165, 1.54) is 0 Å². The third-order valence-electron chi connectivity index (χ3n) is 3.71. The lowest BCUT2D eigenvalue weighted by molar-refractivity contribution is 0.474. The quantitative estimate of drug-likeness (QED) is 0.915. The molecule has 2 aromatic carbocycles. The molecule has 0 bridgehead atoms. The summed E-state index contributed by atoms with van der Waals surface area (Å²) in [4.78, 5) is 6.78. The van der Waals surface area contributed by atoms with Crippen LogP contribution in [-0.2, 0) is 0 Å². The number of halogens is 1. The summed E-state index contributed by atoms with van der Waals surface area (Å²) in [6.45, 7) is 1.50. The SMILES string of the molecule is CN1CCN=C(c2cc(Cl)ccc2O)C=C1c1ccccc1. The zero-order valence-electron chi connectivity index (χ0n) is 12.3. The molecule has 2 aromatic rings. The summed E-state index contributed by atoms with van der Waals surface area (Å²) in [5, 5.41) is 10.7. The maximum Gasteiger partial charge on any atom is 0.125 e. The van der Waals surface area contributed by atoms with Gasteiger partial charge in [-0.3, -0.25) is 4.99 Å². The predicted molar refractivity (Wildman–Crippen MR) is 91.6 cm³/mol. The molecule has 0 spiro atoms. The number of allylic oxidation sites excluding steroid dienone is 1. The number of nitrogens with zero attached hydrogens (tertiary/aromatic N) is 2. The van der Waals surface area contributed by atoms with Gasteiger partial charge >= 0.3 is 0 Å². The van der Waals surface area contributed by atoms with Gasteiger partial charge in [-0.2, -0.15) is 0 Å². The van der Waals surface area contributed by atoms with Gasteiger partial charge in [0.15, 0.2) is 0 Å². The first-order valence-corrected chi connectivity index (χ1v) is 7.54. The normalized spacial score (nSPS) is 15.1. The molecule has 1 aliphatic heterocycles. The van der Waals surface area contributed by atoms with Crippen LogP contribution in [0.5, 0.6) is 5.75 Å². The Labute approximate surface area is 135 Å². The first-order chi connectivity index (χ1) is 10.6. The maximum absolute atomic E-state index is 10.1. The van der Waals surface area contributed by atoms with Crippen molar-refractivity contribution in [2.75, 3.05) is 20.1 Å². The number of rotatable bonds is 2. The first kappa shape index (κ1) is 14.7. The lowest BCUT2D eigenvalue weighted by atomic mass is 10.0. The van der Waals surface area contributed by atoms with Gasteiger partial charge in [0, 0.05) is 29.9 Å². The molecular weight excluding hydrogens is 296 g/mol. The summed E-state index contributed by atoms with van der Waals surface area (Å²) in [5.74, 6) is 0.191. The van der Waals surface area contributed by atoms with E-state index in [0.717, 1.165) is 23.5 Å². The highest BCUT2D eigenvalue weighted by molar-refractivity contribution is 6.31. The van der Waals surface area contributed by atoms with E-state index in [1.54, 1.807) is 18.2 Å². The lowest BCUT2D eigenvalue weighted by Gasteiger charge is -2.20. The van der Waals surface area contributed by atoms with Gasteiger partial charge in [0.05, 0.1) is 12.3 Å². The van der Waals surface area contributed by atoms with Crippen LogP contribution in [0, 0.1) is 0 Å². The van der Waals surface area contributed by atoms with Gasteiger partial charge in [0.25, 0.3) is 0 Å². The highest BCUT2D eigenvalue weighted by atomic mass is 35.5. The molecule has 0 radical (unpaired) electrons. The highest BCUT2D eigenvalue weighted by Gasteiger charge is 2.15. The van der Waals surface area contributed by atoms with Crippen molar-refractivity contribution in [1.82, 2.24) is 4.90 Å². The summed E-state index contributed by atoms with van der Waals surface area (Å²) in [6, 6.07) is 15.2. The number of phenolic OH excluding ortho intramolecular Hbond substituents is 1. The second-order valence-corrected chi connectivity index (χ2v) is 5.68. The molecule has 1 heterocycles. The monoisotopic (exact) mass is 312 g/mol. The van der Waals surface area contributed by atoms with Crippen molar-refractivity contribution in [2.24, 2.45) is 4.99 Å². The zero-order chi connectivity index (χ0) is 15.5. The van der Waals surface area contributed by atoms with E-state index >= 15 is 0 Å². The number of phenols is 1. The molecule has 0 amide bonds. The van der Waals surface area contributed by atoms with Gasteiger partial charge in [-0.25, -0.2) is 0 Å². The average molecular weight is 313 g/mol. The molecule has 0 unspecified atom stereocenters. The zero-order valence-corrected chi connectivity index (χ0v) is 13.1. The van der Waals surface area contributed by atoms with Gasteiger partial charge in [-0.15, -0.1) is 0 Å². The van der Waals surface area contributed by atoms with E-state index in [4.69, 9.17) is 11.6 Å². The van der Waals surface area contributed by atoms with Crippen molar-refractivity contribution in [2.45, 2.75) is 0 Å². The Hall–Kier alpha value is -2.26. The molecule has 0 saturated carbocycles. The number of likely N-dealkylation sites (N-methyl/N-ethyl adjacent to an activating group) is 1. The average Bonchev–Trinajstić information content (AvgIpc) is 2.72. The fraction of sp³-hybridized carbons (Fsp3) is 0.167. The minimum Gasteiger partial charge on any atom is -0.507 e. The second-order valence-electron chi connectivity index (χ2n) is 5.25. The summed E-state index contributed by atoms with van der Waals surface area (Å²) >= 11 is 6.06. The van der Waals surface area contributed by atoms with Crippen molar-refractivity contribution in [3.63, 3.8) is 0 Å². The molecular formula is C18H17ClN2O. The molecule has 22 heavy (non-hydrogen) atoms. The smallest absolute Gasteiger partial charge is 0.125 e.